The van der Waals surface area contributed by atoms with Crippen LogP contribution < -0.4 is 9.80 Å². The first-order chi connectivity index (χ1) is 16.8. The van der Waals surface area contributed by atoms with Crippen molar-refractivity contribution in [2.75, 3.05) is 49.1 Å². The van der Waals surface area contributed by atoms with E-state index in [0.717, 1.165) is 0 Å². The van der Waals surface area contributed by atoms with Crippen LogP contribution in [-0.2, 0) is 9.53 Å². The molecule has 1 aromatic carbocycles. The Balaban J connectivity index is 1.63. The molecule has 5 rings (SSSR count). The van der Waals surface area contributed by atoms with Gasteiger partial charge < -0.3 is 19.4 Å². The molecule has 2 aliphatic heterocycles. The molecule has 0 bridgehead atoms. The summed E-state index contributed by atoms with van der Waals surface area (Å²) >= 11 is 0. The Bertz CT molecular complexity index is 1230. The summed E-state index contributed by atoms with van der Waals surface area (Å²) in [6, 6.07) is 8.95. The zero-order chi connectivity index (χ0) is 24.7. The van der Waals surface area contributed by atoms with Crippen molar-refractivity contribution in [1.29, 1.82) is 0 Å². The molecule has 2 aliphatic rings. The van der Waals surface area contributed by atoms with E-state index in [1.807, 2.05) is 13.0 Å². The van der Waals surface area contributed by atoms with E-state index in [-0.39, 0.29) is 29.8 Å². The van der Waals surface area contributed by atoms with Crippen molar-refractivity contribution in [3.05, 3.63) is 36.2 Å². The number of imidazole rings is 1. The van der Waals surface area contributed by atoms with Gasteiger partial charge >= 0.3 is 0 Å². The SMILES string of the molecule is CC(=O)N1CCN(c2cc(N3CCOC(C)C3C)nc(-n3c(C(F)F)nc4ccccc43)n2)CC1. The average Bonchev–Trinajstić information content (AvgIpc) is 3.26. The average molecular weight is 486 g/mol. The fourth-order valence-corrected chi connectivity index (χ4v) is 4.73. The third-order valence-electron chi connectivity index (χ3n) is 6.90. The summed E-state index contributed by atoms with van der Waals surface area (Å²) in [7, 11) is 0. The summed E-state index contributed by atoms with van der Waals surface area (Å²) in [4.78, 5) is 31.5. The van der Waals surface area contributed by atoms with Gasteiger partial charge in [0.1, 0.15) is 11.6 Å². The molecule has 0 saturated carbocycles. The number of carbonyl (C=O) groups excluding carboxylic acids is 1. The lowest BCUT2D eigenvalue weighted by Crippen LogP contribution is -2.50. The number of anilines is 2. The van der Waals surface area contributed by atoms with E-state index < -0.39 is 6.43 Å². The Morgan fingerprint density at radius 1 is 1.03 bits per heavy atom. The number of morpholine rings is 1. The molecule has 186 valence electrons. The summed E-state index contributed by atoms with van der Waals surface area (Å²) < 4.78 is 35.3. The maximum absolute atomic E-state index is 14.1. The van der Waals surface area contributed by atoms with E-state index in [1.54, 1.807) is 36.1 Å². The number of nitrogens with zero attached hydrogens (tertiary/aromatic N) is 7. The lowest BCUT2D eigenvalue weighted by molar-refractivity contribution is -0.129. The molecule has 2 unspecified atom stereocenters. The number of ether oxygens (including phenoxy) is 1. The molecule has 2 saturated heterocycles. The third kappa shape index (κ3) is 4.40. The number of piperazine rings is 1. The standard InChI is InChI=1S/C24H29F2N7O2/c1-15-16(2)35-13-12-32(15)21-14-20(31-10-8-30(9-11-31)17(3)34)28-24(29-21)33-19-7-5-4-6-18(19)27-23(33)22(25)26/h4-7,14-16,22H,8-13H2,1-3H3. The Labute approximate surface area is 202 Å². The second kappa shape index (κ2) is 9.37. The predicted molar refractivity (Wildman–Crippen MR) is 128 cm³/mol. The highest BCUT2D eigenvalue weighted by molar-refractivity contribution is 5.78. The van der Waals surface area contributed by atoms with Crippen molar-refractivity contribution in [3.8, 4) is 5.95 Å². The summed E-state index contributed by atoms with van der Waals surface area (Å²) in [5, 5.41) is 0. The van der Waals surface area contributed by atoms with Crippen LogP contribution in [0.2, 0.25) is 0 Å². The minimum absolute atomic E-state index is 0.00423. The smallest absolute Gasteiger partial charge is 0.296 e. The number of hydrogen-bond donors (Lipinski definition) is 0. The molecular formula is C24H29F2N7O2. The quantitative estimate of drug-likeness (QED) is 0.562. The normalized spacial score (nSPS) is 21.3. The van der Waals surface area contributed by atoms with Gasteiger partial charge in [-0.05, 0) is 26.0 Å². The maximum atomic E-state index is 14.1. The third-order valence-corrected chi connectivity index (χ3v) is 6.90. The second-order valence-corrected chi connectivity index (χ2v) is 8.98. The van der Waals surface area contributed by atoms with E-state index in [4.69, 9.17) is 14.7 Å². The molecule has 11 heteroatoms. The summed E-state index contributed by atoms with van der Waals surface area (Å²) in [6.45, 7) is 9.16. The molecule has 35 heavy (non-hydrogen) atoms. The first-order valence-corrected chi connectivity index (χ1v) is 11.9. The van der Waals surface area contributed by atoms with E-state index in [0.29, 0.717) is 62.0 Å². The molecule has 0 N–H and O–H groups in total. The van der Waals surface area contributed by atoms with Gasteiger partial charge in [0.15, 0.2) is 5.82 Å². The van der Waals surface area contributed by atoms with Crippen LogP contribution in [0.25, 0.3) is 17.0 Å². The highest BCUT2D eigenvalue weighted by Gasteiger charge is 2.30. The van der Waals surface area contributed by atoms with Crippen molar-refractivity contribution in [2.45, 2.75) is 39.3 Å². The minimum atomic E-state index is -2.79. The molecule has 2 aromatic heterocycles. The number of rotatable bonds is 4. The zero-order valence-electron chi connectivity index (χ0n) is 20.1. The lowest BCUT2D eigenvalue weighted by Gasteiger charge is -2.39. The predicted octanol–water partition coefficient (Wildman–Crippen LogP) is 3.04. The van der Waals surface area contributed by atoms with E-state index >= 15 is 0 Å². The van der Waals surface area contributed by atoms with E-state index in [2.05, 4.69) is 21.7 Å². The molecule has 2 fully saturated rings. The van der Waals surface area contributed by atoms with Gasteiger partial charge in [-0.2, -0.15) is 9.97 Å². The number of alkyl halides is 2. The van der Waals surface area contributed by atoms with Crippen LogP contribution in [0.4, 0.5) is 20.4 Å². The van der Waals surface area contributed by atoms with Crippen LogP contribution >= 0.6 is 0 Å². The molecule has 0 spiro atoms. The molecule has 1 amide bonds. The number of aromatic nitrogens is 4. The van der Waals surface area contributed by atoms with Crippen LogP contribution in [0, 0.1) is 0 Å². The minimum Gasteiger partial charge on any atom is -0.375 e. The molecule has 4 heterocycles. The molecule has 9 nitrogen and oxygen atoms in total. The van der Waals surface area contributed by atoms with Crippen LogP contribution in [-0.4, -0.2) is 81.8 Å². The Morgan fingerprint density at radius 3 is 2.46 bits per heavy atom. The largest absolute Gasteiger partial charge is 0.375 e. The van der Waals surface area contributed by atoms with Gasteiger partial charge in [0.2, 0.25) is 11.9 Å². The van der Waals surface area contributed by atoms with Gasteiger partial charge in [-0.25, -0.2) is 13.8 Å². The Morgan fingerprint density at radius 2 is 1.74 bits per heavy atom. The van der Waals surface area contributed by atoms with Crippen molar-refractivity contribution in [1.82, 2.24) is 24.4 Å². The molecule has 2 atom stereocenters. The first kappa shape index (κ1) is 23.4. The second-order valence-electron chi connectivity index (χ2n) is 8.98. The number of carbonyl (C=O) groups is 1. The van der Waals surface area contributed by atoms with Crippen molar-refractivity contribution in [2.24, 2.45) is 0 Å². The highest BCUT2D eigenvalue weighted by Crippen LogP contribution is 2.30. The monoisotopic (exact) mass is 485 g/mol. The van der Waals surface area contributed by atoms with Gasteiger partial charge in [-0.3, -0.25) is 9.36 Å². The van der Waals surface area contributed by atoms with Crippen LogP contribution in [0.15, 0.2) is 30.3 Å². The number of fused-ring (bicyclic) bond motifs is 1. The summed E-state index contributed by atoms with van der Waals surface area (Å²) in [5.41, 5.74) is 0.984. The lowest BCUT2D eigenvalue weighted by atomic mass is 10.1. The fraction of sp³-hybridized carbons (Fsp3) is 0.500. The van der Waals surface area contributed by atoms with E-state index in [9.17, 15) is 13.6 Å². The van der Waals surface area contributed by atoms with Gasteiger partial charge in [0.05, 0.1) is 29.8 Å². The van der Waals surface area contributed by atoms with Gasteiger partial charge in [0.25, 0.3) is 6.43 Å². The number of benzene rings is 1. The molecule has 0 aliphatic carbocycles. The van der Waals surface area contributed by atoms with Crippen LogP contribution in [0.1, 0.15) is 33.0 Å². The maximum Gasteiger partial charge on any atom is 0.296 e. The summed E-state index contributed by atoms with van der Waals surface area (Å²) in [6.07, 6.45) is -2.80. The van der Waals surface area contributed by atoms with Gasteiger partial charge in [-0.15, -0.1) is 0 Å². The Hall–Kier alpha value is -3.34. The van der Waals surface area contributed by atoms with Gasteiger partial charge in [0, 0.05) is 45.7 Å². The van der Waals surface area contributed by atoms with Crippen LogP contribution in [0.3, 0.4) is 0 Å². The molecule has 0 radical (unpaired) electrons. The number of amides is 1. The van der Waals surface area contributed by atoms with Gasteiger partial charge in [-0.1, -0.05) is 12.1 Å². The number of hydrogen-bond acceptors (Lipinski definition) is 7. The van der Waals surface area contributed by atoms with Crippen molar-refractivity contribution in [3.63, 3.8) is 0 Å². The topological polar surface area (TPSA) is 79.6 Å². The highest BCUT2D eigenvalue weighted by atomic mass is 19.3. The number of halogens is 2. The molecular weight excluding hydrogens is 456 g/mol. The van der Waals surface area contributed by atoms with Crippen LogP contribution in [0.5, 0.6) is 0 Å². The molecule has 3 aromatic rings. The first-order valence-electron chi connectivity index (χ1n) is 11.9. The zero-order valence-corrected chi connectivity index (χ0v) is 20.1. The van der Waals surface area contributed by atoms with E-state index in [1.165, 1.54) is 4.57 Å². The number of para-hydroxylation sites is 2. The Kier molecular flexibility index (Phi) is 6.26. The van der Waals surface area contributed by atoms with Crippen molar-refractivity contribution < 1.29 is 18.3 Å². The van der Waals surface area contributed by atoms with Crippen molar-refractivity contribution >= 4 is 28.6 Å². The fourth-order valence-electron chi connectivity index (χ4n) is 4.73. The summed E-state index contributed by atoms with van der Waals surface area (Å²) in [5.74, 6) is 1.09.